The van der Waals surface area contributed by atoms with Crippen LogP contribution in [0.2, 0.25) is 0 Å². The predicted octanol–water partition coefficient (Wildman–Crippen LogP) is 4.39. The summed E-state index contributed by atoms with van der Waals surface area (Å²) in [5, 5.41) is 4.98. The number of hydrogen-bond donors (Lipinski definition) is 1. The Balaban J connectivity index is 1.99. The van der Waals surface area contributed by atoms with Gasteiger partial charge in [-0.2, -0.15) is 0 Å². The minimum absolute atomic E-state index is 0.604. The third-order valence-corrected chi connectivity index (χ3v) is 4.69. The zero-order valence-corrected chi connectivity index (χ0v) is 13.8. The molecule has 3 nitrogen and oxygen atoms in total. The van der Waals surface area contributed by atoms with Crippen LogP contribution >= 0.6 is 27.7 Å². The van der Waals surface area contributed by atoms with Gasteiger partial charge in [-0.25, -0.2) is 0 Å². The molecule has 1 aliphatic heterocycles. The van der Waals surface area contributed by atoms with Gasteiger partial charge in [0.25, 0.3) is 0 Å². The van der Waals surface area contributed by atoms with Crippen LogP contribution < -0.4 is 10.1 Å². The summed E-state index contributed by atoms with van der Waals surface area (Å²) in [5.41, 5.74) is 0.996. The number of benzene rings is 1. The van der Waals surface area contributed by atoms with Crippen LogP contribution in [0.1, 0.15) is 20.3 Å². The number of anilines is 1. The molecular weight excluding hydrogens is 324 g/mol. The van der Waals surface area contributed by atoms with Gasteiger partial charge in [0.15, 0.2) is 5.17 Å². The third kappa shape index (κ3) is 4.14. The first-order valence-electron chi connectivity index (χ1n) is 6.40. The largest absolute Gasteiger partial charge is 0.497 e. The number of methoxy groups -OCH3 is 1. The van der Waals surface area contributed by atoms with Crippen LogP contribution in [-0.2, 0) is 0 Å². The van der Waals surface area contributed by atoms with E-state index < -0.39 is 0 Å². The van der Waals surface area contributed by atoms with Crippen molar-refractivity contribution >= 4 is 38.5 Å². The molecule has 0 saturated heterocycles. The van der Waals surface area contributed by atoms with Crippen molar-refractivity contribution in [3.8, 4) is 5.75 Å². The molecule has 1 atom stereocenters. The molecule has 0 radical (unpaired) electrons. The van der Waals surface area contributed by atoms with Gasteiger partial charge in [-0.3, -0.25) is 4.99 Å². The first kappa shape index (κ1) is 14.7. The number of ether oxygens (including phenoxy) is 1. The Labute approximate surface area is 127 Å². The average Bonchev–Trinajstić information content (AvgIpc) is 2.78. The zero-order chi connectivity index (χ0) is 13.8. The number of rotatable bonds is 4. The Kier molecular flexibility index (Phi) is 5.16. The molecule has 1 aromatic rings. The van der Waals surface area contributed by atoms with Crippen molar-refractivity contribution in [2.24, 2.45) is 10.9 Å². The van der Waals surface area contributed by atoms with Gasteiger partial charge in [0.2, 0.25) is 0 Å². The van der Waals surface area contributed by atoms with Gasteiger partial charge in [-0.15, -0.1) is 0 Å². The summed E-state index contributed by atoms with van der Waals surface area (Å²) >= 11 is 5.37. The van der Waals surface area contributed by atoms with Gasteiger partial charge in [-0.05, 0) is 40.4 Å². The van der Waals surface area contributed by atoms with E-state index in [-0.39, 0.29) is 0 Å². The van der Waals surface area contributed by atoms with Crippen molar-refractivity contribution in [3.63, 3.8) is 0 Å². The smallest absolute Gasteiger partial charge is 0.161 e. The summed E-state index contributed by atoms with van der Waals surface area (Å²) in [6.45, 7) is 5.42. The Morgan fingerprint density at radius 2 is 2.32 bits per heavy atom. The summed E-state index contributed by atoms with van der Waals surface area (Å²) in [4.78, 5) is 4.57. The standard InChI is InChI=1S/C14H19BrN2OS/c1-9(2)6-11-8-16-14(19-11)17-13-7-10(18-3)4-5-12(13)15/h4-5,7,9,11H,6,8H2,1-3H3,(H,16,17). The Morgan fingerprint density at radius 3 is 3.00 bits per heavy atom. The molecular formula is C14H19BrN2OS. The maximum Gasteiger partial charge on any atom is 0.161 e. The van der Waals surface area contributed by atoms with Gasteiger partial charge in [-0.1, -0.05) is 25.6 Å². The van der Waals surface area contributed by atoms with E-state index in [9.17, 15) is 0 Å². The summed E-state index contributed by atoms with van der Waals surface area (Å²) < 4.78 is 6.26. The monoisotopic (exact) mass is 342 g/mol. The molecule has 104 valence electrons. The predicted molar refractivity (Wildman–Crippen MR) is 87.5 cm³/mol. The highest BCUT2D eigenvalue weighted by Gasteiger charge is 2.21. The lowest BCUT2D eigenvalue weighted by molar-refractivity contribution is 0.415. The molecule has 1 aromatic carbocycles. The van der Waals surface area contributed by atoms with Crippen LogP contribution in [0.4, 0.5) is 5.69 Å². The SMILES string of the molecule is COc1ccc(Br)c(NC2=NCC(CC(C)C)S2)c1. The molecule has 0 aromatic heterocycles. The second kappa shape index (κ2) is 6.66. The van der Waals surface area contributed by atoms with E-state index >= 15 is 0 Å². The fourth-order valence-electron chi connectivity index (χ4n) is 1.98. The first-order valence-corrected chi connectivity index (χ1v) is 8.07. The van der Waals surface area contributed by atoms with Crippen LogP contribution in [0, 0.1) is 5.92 Å². The van der Waals surface area contributed by atoms with E-state index in [4.69, 9.17) is 4.74 Å². The minimum Gasteiger partial charge on any atom is -0.497 e. The molecule has 1 unspecified atom stereocenters. The van der Waals surface area contributed by atoms with Gasteiger partial charge in [0, 0.05) is 15.8 Å². The normalized spacial score (nSPS) is 18.6. The third-order valence-electron chi connectivity index (χ3n) is 2.87. The second-order valence-electron chi connectivity index (χ2n) is 4.99. The lowest BCUT2D eigenvalue weighted by atomic mass is 10.1. The molecule has 1 N–H and O–H groups in total. The van der Waals surface area contributed by atoms with E-state index in [0.717, 1.165) is 33.5 Å². The molecule has 0 saturated carbocycles. The van der Waals surface area contributed by atoms with Gasteiger partial charge in [0.05, 0.1) is 19.3 Å². The van der Waals surface area contributed by atoms with Crippen molar-refractivity contribution in [3.05, 3.63) is 22.7 Å². The molecule has 0 fully saturated rings. The maximum absolute atomic E-state index is 5.24. The van der Waals surface area contributed by atoms with Crippen LogP contribution in [0.3, 0.4) is 0 Å². The topological polar surface area (TPSA) is 33.6 Å². The maximum atomic E-state index is 5.24. The fraction of sp³-hybridized carbons (Fsp3) is 0.500. The highest BCUT2D eigenvalue weighted by molar-refractivity contribution is 9.10. The lowest BCUT2D eigenvalue weighted by Gasteiger charge is -2.12. The van der Waals surface area contributed by atoms with Crippen molar-refractivity contribution in [1.82, 2.24) is 0 Å². The molecule has 1 aliphatic rings. The van der Waals surface area contributed by atoms with Gasteiger partial charge in [0.1, 0.15) is 5.75 Å². The van der Waals surface area contributed by atoms with E-state index in [1.807, 2.05) is 30.0 Å². The highest BCUT2D eigenvalue weighted by atomic mass is 79.9. The van der Waals surface area contributed by atoms with E-state index in [1.165, 1.54) is 6.42 Å². The Morgan fingerprint density at radius 1 is 1.53 bits per heavy atom. The summed E-state index contributed by atoms with van der Waals surface area (Å²) in [6, 6.07) is 5.89. The number of aliphatic imine (C=N–C) groups is 1. The zero-order valence-electron chi connectivity index (χ0n) is 11.4. The summed E-state index contributed by atoms with van der Waals surface area (Å²) in [7, 11) is 1.67. The number of nitrogens with one attached hydrogen (secondary N) is 1. The van der Waals surface area contributed by atoms with Crippen LogP contribution in [0.25, 0.3) is 0 Å². The molecule has 1 heterocycles. The molecule has 0 bridgehead atoms. The van der Waals surface area contributed by atoms with Crippen LogP contribution in [0.5, 0.6) is 5.75 Å². The van der Waals surface area contributed by atoms with E-state index in [0.29, 0.717) is 5.25 Å². The van der Waals surface area contributed by atoms with Gasteiger partial charge < -0.3 is 10.1 Å². The van der Waals surface area contributed by atoms with E-state index in [2.05, 4.69) is 40.1 Å². The number of amidine groups is 1. The fourth-order valence-corrected chi connectivity index (χ4v) is 3.59. The quantitative estimate of drug-likeness (QED) is 0.880. The average molecular weight is 343 g/mol. The first-order chi connectivity index (χ1) is 9.08. The van der Waals surface area contributed by atoms with Gasteiger partial charge >= 0.3 is 0 Å². The van der Waals surface area contributed by atoms with E-state index in [1.54, 1.807) is 7.11 Å². The Bertz CT molecular complexity index is 477. The van der Waals surface area contributed by atoms with Crippen LogP contribution in [-0.4, -0.2) is 24.1 Å². The second-order valence-corrected chi connectivity index (χ2v) is 7.13. The van der Waals surface area contributed by atoms with Crippen LogP contribution in [0.15, 0.2) is 27.7 Å². The molecule has 0 spiro atoms. The van der Waals surface area contributed by atoms with Crippen molar-refractivity contribution in [1.29, 1.82) is 0 Å². The summed E-state index contributed by atoms with van der Waals surface area (Å²) in [6.07, 6.45) is 1.21. The number of nitrogens with zero attached hydrogens (tertiary/aromatic N) is 1. The molecule has 2 rings (SSSR count). The molecule has 0 aliphatic carbocycles. The molecule has 5 heteroatoms. The number of thioether (sulfide) groups is 1. The minimum atomic E-state index is 0.604. The number of hydrogen-bond acceptors (Lipinski definition) is 4. The van der Waals surface area contributed by atoms with Crippen molar-refractivity contribution in [2.45, 2.75) is 25.5 Å². The molecule has 19 heavy (non-hydrogen) atoms. The lowest BCUT2D eigenvalue weighted by Crippen LogP contribution is -2.10. The molecule has 0 amide bonds. The Hall–Kier alpha value is -0.680. The van der Waals surface area contributed by atoms with Crippen molar-refractivity contribution in [2.75, 3.05) is 19.0 Å². The summed E-state index contributed by atoms with van der Waals surface area (Å²) in [5.74, 6) is 1.56. The highest BCUT2D eigenvalue weighted by Crippen LogP contribution is 2.31. The number of halogens is 1. The van der Waals surface area contributed by atoms with Crippen molar-refractivity contribution < 1.29 is 4.74 Å².